The molecule has 3 rings (SSSR count). The maximum atomic E-state index is 4.80. The summed E-state index contributed by atoms with van der Waals surface area (Å²) in [5.74, 6) is 1.96. The second-order valence-electron chi connectivity index (χ2n) is 8.38. The van der Waals surface area contributed by atoms with E-state index in [1.807, 2.05) is 6.20 Å². The van der Waals surface area contributed by atoms with Crippen LogP contribution in [0.5, 0.6) is 0 Å². The van der Waals surface area contributed by atoms with Crippen LogP contribution in [0.4, 0.5) is 5.82 Å². The zero-order chi connectivity index (χ0) is 21.9. The Kier molecular flexibility index (Phi) is 11.8. The lowest BCUT2D eigenvalue weighted by atomic mass is 10.1. The molecule has 2 aromatic rings. The normalized spacial score (nSPS) is 14.9. The molecule has 0 aliphatic carbocycles. The summed E-state index contributed by atoms with van der Waals surface area (Å²) in [4.78, 5) is 14.1. The van der Waals surface area contributed by atoms with Gasteiger partial charge in [-0.15, -0.1) is 24.0 Å². The number of aliphatic imine (C=N–C) groups is 1. The van der Waals surface area contributed by atoms with Crippen molar-refractivity contribution in [1.82, 2.24) is 20.5 Å². The fourth-order valence-corrected chi connectivity index (χ4v) is 3.84. The van der Waals surface area contributed by atoms with E-state index in [0.29, 0.717) is 12.6 Å². The standard InChI is InChI=1S/C25H38N6.HI/c1-4-26-25(28-14-12-21(2)30(3)20-22-10-6-5-7-11-22)29-19-23-13-15-27-24(18-23)31-16-8-9-17-31;/h5-7,10-11,13,15,18,21H,4,8-9,12,14,16-17,19-20H2,1-3H3,(H2,26,28,29);1H. The Morgan fingerprint density at radius 2 is 1.88 bits per heavy atom. The number of hydrogen-bond donors (Lipinski definition) is 2. The molecule has 32 heavy (non-hydrogen) atoms. The summed E-state index contributed by atoms with van der Waals surface area (Å²) in [6, 6.07) is 15.4. The van der Waals surface area contributed by atoms with E-state index in [9.17, 15) is 0 Å². The van der Waals surface area contributed by atoms with Crippen LogP contribution in [0.25, 0.3) is 0 Å². The fraction of sp³-hybridized carbons (Fsp3) is 0.520. The summed E-state index contributed by atoms with van der Waals surface area (Å²) in [5.41, 5.74) is 2.55. The minimum Gasteiger partial charge on any atom is -0.357 e. The van der Waals surface area contributed by atoms with Crippen LogP contribution in [0.15, 0.2) is 53.7 Å². The third-order valence-corrected chi connectivity index (χ3v) is 5.89. The van der Waals surface area contributed by atoms with Crippen molar-refractivity contribution in [3.8, 4) is 0 Å². The van der Waals surface area contributed by atoms with Crippen molar-refractivity contribution in [1.29, 1.82) is 0 Å². The van der Waals surface area contributed by atoms with Gasteiger partial charge < -0.3 is 15.5 Å². The van der Waals surface area contributed by atoms with Gasteiger partial charge in [-0.05, 0) is 63.4 Å². The molecule has 1 aliphatic heterocycles. The molecule has 1 fully saturated rings. The van der Waals surface area contributed by atoms with Crippen molar-refractivity contribution in [2.45, 2.75) is 52.2 Å². The molecule has 0 radical (unpaired) electrons. The predicted octanol–water partition coefficient (Wildman–Crippen LogP) is 4.27. The van der Waals surface area contributed by atoms with E-state index in [4.69, 9.17) is 4.99 Å². The van der Waals surface area contributed by atoms with Gasteiger partial charge in [-0.1, -0.05) is 30.3 Å². The van der Waals surface area contributed by atoms with Crippen LogP contribution >= 0.6 is 24.0 Å². The van der Waals surface area contributed by atoms with Gasteiger partial charge in [-0.25, -0.2) is 9.98 Å². The number of nitrogens with one attached hydrogen (secondary N) is 2. The number of halogens is 1. The largest absolute Gasteiger partial charge is 0.357 e. The van der Waals surface area contributed by atoms with Gasteiger partial charge in [-0.3, -0.25) is 4.90 Å². The summed E-state index contributed by atoms with van der Waals surface area (Å²) in [5, 5.41) is 6.86. The van der Waals surface area contributed by atoms with Crippen LogP contribution in [0, 0.1) is 0 Å². The van der Waals surface area contributed by atoms with Crippen LogP contribution in [0.3, 0.4) is 0 Å². The van der Waals surface area contributed by atoms with E-state index in [1.165, 1.54) is 24.0 Å². The summed E-state index contributed by atoms with van der Waals surface area (Å²) >= 11 is 0. The van der Waals surface area contributed by atoms with Gasteiger partial charge >= 0.3 is 0 Å². The zero-order valence-electron chi connectivity index (χ0n) is 19.8. The van der Waals surface area contributed by atoms with Gasteiger partial charge in [0.1, 0.15) is 5.82 Å². The molecule has 1 unspecified atom stereocenters. The molecule has 0 amide bonds. The third-order valence-electron chi connectivity index (χ3n) is 5.89. The fourth-order valence-electron chi connectivity index (χ4n) is 3.84. The van der Waals surface area contributed by atoms with Gasteiger partial charge in [0.05, 0.1) is 6.54 Å². The average molecular weight is 551 g/mol. The first-order valence-corrected chi connectivity index (χ1v) is 11.6. The maximum Gasteiger partial charge on any atom is 0.191 e. The van der Waals surface area contributed by atoms with Crippen molar-refractivity contribution in [2.75, 3.05) is 38.1 Å². The molecule has 7 heteroatoms. The molecule has 6 nitrogen and oxygen atoms in total. The predicted molar refractivity (Wildman–Crippen MR) is 146 cm³/mol. The number of rotatable bonds is 10. The summed E-state index contributed by atoms with van der Waals surface area (Å²) in [7, 11) is 2.19. The van der Waals surface area contributed by atoms with Gasteiger partial charge in [0.15, 0.2) is 5.96 Å². The topological polar surface area (TPSA) is 55.8 Å². The molecular formula is C25H39IN6. The minimum atomic E-state index is 0. The first kappa shape index (κ1) is 26.4. The van der Waals surface area contributed by atoms with E-state index in [2.05, 4.69) is 88.8 Å². The number of guanidine groups is 1. The Labute approximate surface area is 210 Å². The van der Waals surface area contributed by atoms with E-state index >= 15 is 0 Å². The van der Waals surface area contributed by atoms with Crippen molar-refractivity contribution >= 4 is 35.8 Å². The van der Waals surface area contributed by atoms with E-state index < -0.39 is 0 Å². The number of hydrogen-bond acceptors (Lipinski definition) is 4. The number of benzene rings is 1. The Bertz CT molecular complexity index is 807. The van der Waals surface area contributed by atoms with Crippen LogP contribution in [-0.4, -0.2) is 55.1 Å². The molecule has 1 saturated heterocycles. The van der Waals surface area contributed by atoms with Gasteiger partial charge in [0.2, 0.25) is 0 Å². The molecule has 0 bridgehead atoms. The molecular weight excluding hydrogens is 511 g/mol. The quantitative estimate of drug-likeness (QED) is 0.263. The Hall–Kier alpha value is -1.87. The second-order valence-corrected chi connectivity index (χ2v) is 8.38. The summed E-state index contributed by atoms with van der Waals surface area (Å²) < 4.78 is 0. The van der Waals surface area contributed by atoms with Crippen LogP contribution in [0.1, 0.15) is 44.2 Å². The zero-order valence-corrected chi connectivity index (χ0v) is 22.1. The molecule has 2 N–H and O–H groups in total. The smallest absolute Gasteiger partial charge is 0.191 e. The SMILES string of the molecule is CCNC(=NCc1ccnc(N2CCCC2)c1)NCCC(C)N(C)Cc1ccccc1.I. The highest BCUT2D eigenvalue weighted by Gasteiger charge is 2.13. The average Bonchev–Trinajstić information content (AvgIpc) is 3.33. The van der Waals surface area contributed by atoms with Gasteiger partial charge in [-0.2, -0.15) is 0 Å². The van der Waals surface area contributed by atoms with E-state index in [1.54, 1.807) is 0 Å². The molecule has 0 spiro atoms. The molecule has 1 aromatic heterocycles. The van der Waals surface area contributed by atoms with Crippen LogP contribution in [-0.2, 0) is 13.1 Å². The molecule has 1 aliphatic rings. The lowest BCUT2D eigenvalue weighted by molar-refractivity contribution is 0.238. The Balaban J connectivity index is 0.00000363. The monoisotopic (exact) mass is 550 g/mol. The van der Waals surface area contributed by atoms with Crippen molar-refractivity contribution in [3.63, 3.8) is 0 Å². The summed E-state index contributed by atoms with van der Waals surface area (Å²) in [6.45, 7) is 9.98. The lowest BCUT2D eigenvalue weighted by Crippen LogP contribution is -2.40. The highest BCUT2D eigenvalue weighted by atomic mass is 127. The number of aromatic nitrogens is 1. The minimum absolute atomic E-state index is 0. The lowest BCUT2D eigenvalue weighted by Gasteiger charge is -2.25. The van der Waals surface area contributed by atoms with Crippen LogP contribution in [0.2, 0.25) is 0 Å². The van der Waals surface area contributed by atoms with Crippen molar-refractivity contribution in [2.24, 2.45) is 4.99 Å². The number of anilines is 1. The van der Waals surface area contributed by atoms with Crippen molar-refractivity contribution < 1.29 is 0 Å². The summed E-state index contributed by atoms with van der Waals surface area (Å²) in [6.07, 6.45) is 5.49. The van der Waals surface area contributed by atoms with Crippen LogP contribution < -0.4 is 15.5 Å². The first-order valence-electron chi connectivity index (χ1n) is 11.6. The first-order chi connectivity index (χ1) is 15.2. The highest BCUT2D eigenvalue weighted by molar-refractivity contribution is 14.0. The molecule has 2 heterocycles. The second kappa shape index (κ2) is 14.3. The third kappa shape index (κ3) is 8.58. The van der Waals surface area contributed by atoms with E-state index in [0.717, 1.165) is 50.9 Å². The van der Waals surface area contributed by atoms with Crippen molar-refractivity contribution in [3.05, 3.63) is 59.8 Å². The van der Waals surface area contributed by atoms with Gasteiger partial charge in [0, 0.05) is 45.0 Å². The maximum absolute atomic E-state index is 4.80. The molecule has 0 saturated carbocycles. The Morgan fingerprint density at radius 1 is 1.12 bits per heavy atom. The highest BCUT2D eigenvalue weighted by Crippen LogP contribution is 2.18. The molecule has 1 atom stereocenters. The molecule has 1 aromatic carbocycles. The number of pyridine rings is 1. The van der Waals surface area contributed by atoms with Gasteiger partial charge in [0.25, 0.3) is 0 Å². The molecule has 176 valence electrons. The van der Waals surface area contributed by atoms with E-state index in [-0.39, 0.29) is 24.0 Å². The number of nitrogens with zero attached hydrogens (tertiary/aromatic N) is 4. The Morgan fingerprint density at radius 3 is 2.59 bits per heavy atom.